The lowest BCUT2D eigenvalue weighted by molar-refractivity contribution is 0.0828. The molecule has 1 unspecified atom stereocenters. The molecule has 0 radical (unpaired) electrons. The number of aryl methyl sites for hydroxylation is 2. The van der Waals surface area contributed by atoms with Crippen LogP contribution in [0.5, 0.6) is 0 Å². The molecule has 0 saturated heterocycles. The second kappa shape index (κ2) is 12.6. The van der Waals surface area contributed by atoms with Gasteiger partial charge in [0.25, 0.3) is 0 Å². The molecule has 0 fully saturated rings. The average molecular weight is 423 g/mol. The van der Waals surface area contributed by atoms with E-state index in [2.05, 4.69) is 49.4 Å². The number of rotatable bonds is 12. The van der Waals surface area contributed by atoms with Crippen molar-refractivity contribution in [3.8, 4) is 0 Å². The maximum absolute atomic E-state index is 10.4. The largest absolute Gasteiger partial charge is 0.396 e. The van der Waals surface area contributed by atoms with Crippen molar-refractivity contribution in [2.75, 3.05) is 6.61 Å². The van der Waals surface area contributed by atoms with Crippen LogP contribution in [0.25, 0.3) is 5.57 Å². The van der Waals surface area contributed by atoms with E-state index in [0.29, 0.717) is 19.3 Å². The van der Waals surface area contributed by atoms with Gasteiger partial charge in [0.1, 0.15) is 0 Å². The van der Waals surface area contributed by atoms with E-state index in [9.17, 15) is 10.2 Å². The molecule has 31 heavy (non-hydrogen) atoms. The van der Waals surface area contributed by atoms with Gasteiger partial charge < -0.3 is 15.3 Å². The minimum Gasteiger partial charge on any atom is -0.396 e. The van der Waals surface area contributed by atoms with Gasteiger partial charge in [0.15, 0.2) is 0 Å². The van der Waals surface area contributed by atoms with Gasteiger partial charge in [-0.15, -0.1) is 0 Å². The first kappa shape index (κ1) is 25.1. The van der Waals surface area contributed by atoms with Crippen LogP contribution in [0, 0.1) is 0 Å². The van der Waals surface area contributed by atoms with Crippen molar-refractivity contribution in [3.05, 3.63) is 89.0 Å². The van der Waals surface area contributed by atoms with Crippen molar-refractivity contribution in [2.24, 2.45) is 0 Å². The molecule has 1 atom stereocenters. The molecule has 0 amide bonds. The van der Waals surface area contributed by atoms with Crippen molar-refractivity contribution < 1.29 is 15.3 Å². The standard InChI is InChI=1S/C28H38O3/c1-4-24(11-8-19-28(31,5-2)6-3)26-10-7-9-23(21-26)13-12-22-14-16-25(17-15-22)27(30)18-20-29/h7-11,14-17,19,21,27,29-31H,4-6,12-13,18,20H2,1-3H3/b19-8+,24-11+. The molecule has 3 N–H and O–H groups in total. The molecule has 0 aliphatic carbocycles. The molecule has 0 aliphatic heterocycles. The van der Waals surface area contributed by atoms with Crippen molar-refractivity contribution in [2.45, 2.75) is 71.0 Å². The maximum Gasteiger partial charge on any atom is 0.0825 e. The summed E-state index contributed by atoms with van der Waals surface area (Å²) in [7, 11) is 0. The van der Waals surface area contributed by atoms with Gasteiger partial charge >= 0.3 is 0 Å². The van der Waals surface area contributed by atoms with E-state index < -0.39 is 11.7 Å². The van der Waals surface area contributed by atoms with E-state index in [1.165, 1.54) is 22.3 Å². The summed E-state index contributed by atoms with van der Waals surface area (Å²) in [5.74, 6) is 0. The molecule has 3 nitrogen and oxygen atoms in total. The predicted octanol–water partition coefficient (Wildman–Crippen LogP) is 5.79. The van der Waals surface area contributed by atoms with E-state index in [4.69, 9.17) is 5.11 Å². The Labute approximate surface area is 187 Å². The molecule has 0 aliphatic rings. The zero-order chi connectivity index (χ0) is 22.7. The van der Waals surface area contributed by atoms with Crippen molar-refractivity contribution >= 4 is 5.57 Å². The Morgan fingerprint density at radius 3 is 2.26 bits per heavy atom. The third-order valence-corrected chi connectivity index (χ3v) is 6.08. The Balaban J connectivity index is 2.05. The van der Waals surface area contributed by atoms with Crippen molar-refractivity contribution in [1.82, 2.24) is 0 Å². The van der Waals surface area contributed by atoms with Gasteiger partial charge in [-0.2, -0.15) is 0 Å². The monoisotopic (exact) mass is 422 g/mol. The number of allylic oxidation sites excluding steroid dienone is 3. The van der Waals surface area contributed by atoms with Crippen LogP contribution < -0.4 is 0 Å². The summed E-state index contributed by atoms with van der Waals surface area (Å²) in [5, 5.41) is 29.4. The van der Waals surface area contributed by atoms with Crippen LogP contribution in [-0.4, -0.2) is 27.5 Å². The molecule has 0 bridgehead atoms. The van der Waals surface area contributed by atoms with Gasteiger partial charge in [0.05, 0.1) is 11.7 Å². The third-order valence-electron chi connectivity index (χ3n) is 6.08. The number of benzene rings is 2. The lowest BCUT2D eigenvalue weighted by Crippen LogP contribution is -2.22. The first-order valence-electron chi connectivity index (χ1n) is 11.5. The summed E-state index contributed by atoms with van der Waals surface area (Å²) < 4.78 is 0. The van der Waals surface area contributed by atoms with Crippen LogP contribution >= 0.6 is 0 Å². The Hall–Kier alpha value is -2.20. The summed E-state index contributed by atoms with van der Waals surface area (Å²) in [6.07, 6.45) is 10.0. The first-order valence-corrected chi connectivity index (χ1v) is 11.5. The second-order valence-electron chi connectivity index (χ2n) is 8.19. The lowest BCUT2D eigenvalue weighted by Gasteiger charge is -2.20. The molecule has 2 rings (SSSR count). The van der Waals surface area contributed by atoms with Crippen LogP contribution in [0.1, 0.15) is 74.8 Å². The molecule has 0 spiro atoms. The van der Waals surface area contributed by atoms with E-state index in [1.807, 2.05) is 38.1 Å². The van der Waals surface area contributed by atoms with E-state index >= 15 is 0 Å². The Morgan fingerprint density at radius 2 is 1.65 bits per heavy atom. The topological polar surface area (TPSA) is 60.7 Å². The number of hydrogen-bond acceptors (Lipinski definition) is 3. The fraction of sp³-hybridized carbons (Fsp3) is 0.429. The van der Waals surface area contributed by atoms with Crippen molar-refractivity contribution in [3.63, 3.8) is 0 Å². The summed E-state index contributed by atoms with van der Waals surface area (Å²) in [6.45, 7) is 6.16. The summed E-state index contributed by atoms with van der Waals surface area (Å²) in [4.78, 5) is 0. The third kappa shape index (κ3) is 7.77. The van der Waals surface area contributed by atoms with Gasteiger partial charge in [0, 0.05) is 13.0 Å². The summed E-state index contributed by atoms with van der Waals surface area (Å²) >= 11 is 0. The van der Waals surface area contributed by atoms with E-state index in [-0.39, 0.29) is 6.61 Å². The molecule has 2 aromatic carbocycles. The quantitative estimate of drug-likeness (QED) is 0.380. The van der Waals surface area contributed by atoms with Gasteiger partial charge in [-0.1, -0.05) is 87.5 Å². The van der Waals surface area contributed by atoms with Crippen LogP contribution in [-0.2, 0) is 12.8 Å². The van der Waals surface area contributed by atoms with Crippen LogP contribution in [0.2, 0.25) is 0 Å². The normalized spacial score (nSPS) is 13.7. The Morgan fingerprint density at radius 1 is 0.968 bits per heavy atom. The van der Waals surface area contributed by atoms with Gasteiger partial charge in [-0.05, 0) is 59.9 Å². The molecule has 168 valence electrons. The van der Waals surface area contributed by atoms with Crippen LogP contribution in [0.4, 0.5) is 0 Å². The average Bonchev–Trinajstić information content (AvgIpc) is 2.81. The van der Waals surface area contributed by atoms with Crippen LogP contribution in [0.3, 0.4) is 0 Å². The summed E-state index contributed by atoms with van der Waals surface area (Å²) in [5.41, 5.74) is 5.14. The fourth-order valence-corrected chi connectivity index (χ4v) is 3.66. The number of hydrogen-bond donors (Lipinski definition) is 3. The van der Waals surface area contributed by atoms with E-state index in [1.54, 1.807) is 0 Å². The minimum atomic E-state index is -0.721. The first-order chi connectivity index (χ1) is 14.9. The highest BCUT2D eigenvalue weighted by atomic mass is 16.3. The lowest BCUT2D eigenvalue weighted by atomic mass is 9.95. The maximum atomic E-state index is 10.4. The van der Waals surface area contributed by atoms with E-state index in [0.717, 1.165) is 24.8 Å². The number of aliphatic hydroxyl groups excluding tert-OH is 2. The molecule has 2 aromatic rings. The van der Waals surface area contributed by atoms with Gasteiger partial charge in [0.2, 0.25) is 0 Å². The van der Waals surface area contributed by atoms with Crippen molar-refractivity contribution in [1.29, 1.82) is 0 Å². The predicted molar refractivity (Wildman–Crippen MR) is 130 cm³/mol. The van der Waals surface area contributed by atoms with Crippen LogP contribution in [0.15, 0.2) is 66.8 Å². The zero-order valence-corrected chi connectivity index (χ0v) is 19.2. The fourth-order valence-electron chi connectivity index (χ4n) is 3.66. The van der Waals surface area contributed by atoms with Gasteiger partial charge in [-0.3, -0.25) is 0 Å². The molecule has 0 saturated carbocycles. The molecular weight excluding hydrogens is 384 g/mol. The Kier molecular flexibility index (Phi) is 10.2. The van der Waals surface area contributed by atoms with Gasteiger partial charge in [-0.25, -0.2) is 0 Å². The summed E-state index contributed by atoms with van der Waals surface area (Å²) in [6, 6.07) is 16.7. The molecular formula is C28H38O3. The SMILES string of the molecule is CC/C(=C\C=C\C(O)(CC)CC)c1cccc(CCc2ccc(C(O)CCO)cc2)c1. The number of aliphatic hydroxyl groups is 3. The Bertz CT molecular complexity index is 845. The highest BCUT2D eigenvalue weighted by Crippen LogP contribution is 2.22. The zero-order valence-electron chi connectivity index (χ0n) is 19.2. The second-order valence-corrected chi connectivity index (χ2v) is 8.19. The minimum absolute atomic E-state index is 0.0126. The molecule has 3 heteroatoms. The highest BCUT2D eigenvalue weighted by Gasteiger charge is 2.16. The molecule has 0 heterocycles. The smallest absolute Gasteiger partial charge is 0.0825 e. The molecule has 0 aromatic heterocycles. The highest BCUT2D eigenvalue weighted by molar-refractivity contribution is 5.67.